The second-order valence-electron chi connectivity index (χ2n) is 8.03. The summed E-state index contributed by atoms with van der Waals surface area (Å²) in [6.45, 7) is 6.17. The van der Waals surface area contributed by atoms with Crippen molar-refractivity contribution in [1.29, 1.82) is 5.26 Å². The molecular formula is C25H24N6O. The number of rotatable bonds is 6. The number of pyridine rings is 1. The van der Waals surface area contributed by atoms with E-state index in [4.69, 9.17) is 0 Å². The summed E-state index contributed by atoms with van der Waals surface area (Å²) in [7, 11) is 0. The number of para-hydroxylation sites is 1. The second-order valence-corrected chi connectivity index (χ2v) is 8.03. The largest absolute Gasteiger partial charge is 0.349 e. The summed E-state index contributed by atoms with van der Waals surface area (Å²) in [6, 6.07) is 20.8. The number of carbonyl (C=O) groups excluding carboxylic acids is 1. The van der Waals surface area contributed by atoms with Gasteiger partial charge in [0.1, 0.15) is 6.07 Å². The molecule has 0 aliphatic rings. The fourth-order valence-corrected chi connectivity index (χ4v) is 3.21. The Kier molecular flexibility index (Phi) is 5.86. The molecule has 0 aliphatic carbocycles. The molecular weight excluding hydrogens is 400 g/mol. The van der Waals surface area contributed by atoms with E-state index in [2.05, 4.69) is 40.6 Å². The predicted octanol–water partition coefficient (Wildman–Crippen LogP) is 4.79. The summed E-state index contributed by atoms with van der Waals surface area (Å²) in [5, 5.41) is 19.9. The van der Waals surface area contributed by atoms with Crippen LogP contribution >= 0.6 is 0 Å². The summed E-state index contributed by atoms with van der Waals surface area (Å²) in [5.74, 6) is 0.679. The van der Waals surface area contributed by atoms with Gasteiger partial charge in [0.2, 0.25) is 5.95 Å². The second kappa shape index (κ2) is 8.90. The number of hydrogen-bond donors (Lipinski definition) is 2. The molecule has 4 rings (SSSR count). The predicted molar refractivity (Wildman–Crippen MR) is 125 cm³/mol. The highest BCUT2D eigenvalue weighted by Gasteiger charge is 2.14. The van der Waals surface area contributed by atoms with Crippen LogP contribution in [-0.2, 0) is 0 Å². The van der Waals surface area contributed by atoms with Crippen molar-refractivity contribution in [1.82, 2.24) is 19.9 Å². The fraction of sp³-hybridized carbons (Fsp3) is 0.200. The van der Waals surface area contributed by atoms with E-state index in [9.17, 15) is 10.1 Å². The zero-order valence-corrected chi connectivity index (χ0v) is 18.2. The van der Waals surface area contributed by atoms with Crippen LogP contribution in [0.1, 0.15) is 36.7 Å². The summed E-state index contributed by atoms with van der Waals surface area (Å²) in [5.41, 5.74) is 4.29. The highest BCUT2D eigenvalue weighted by Crippen LogP contribution is 2.23. The number of amides is 1. The molecule has 0 saturated carbocycles. The molecule has 2 aromatic heterocycles. The van der Waals surface area contributed by atoms with E-state index in [1.807, 2.05) is 67.7 Å². The number of anilines is 2. The topological polar surface area (TPSA) is 95.1 Å². The molecule has 2 aromatic carbocycles. The lowest BCUT2D eigenvalue weighted by atomic mass is 10.0. The van der Waals surface area contributed by atoms with Gasteiger partial charge in [0, 0.05) is 23.4 Å². The minimum atomic E-state index is -0.0856. The average Bonchev–Trinajstić information content (AvgIpc) is 3.20. The summed E-state index contributed by atoms with van der Waals surface area (Å²) < 4.78 is 1.68. The van der Waals surface area contributed by atoms with Crippen LogP contribution in [0.25, 0.3) is 16.8 Å². The Morgan fingerprint density at radius 3 is 2.62 bits per heavy atom. The molecule has 1 atom stereocenters. The van der Waals surface area contributed by atoms with Gasteiger partial charge >= 0.3 is 0 Å². The number of fused-ring (bicyclic) bond motifs is 1. The van der Waals surface area contributed by atoms with Gasteiger partial charge in [-0.05, 0) is 54.8 Å². The highest BCUT2D eigenvalue weighted by atomic mass is 16.1. The van der Waals surface area contributed by atoms with Crippen molar-refractivity contribution >= 4 is 23.2 Å². The van der Waals surface area contributed by atoms with Crippen LogP contribution in [0.2, 0.25) is 0 Å². The zero-order chi connectivity index (χ0) is 22.7. The van der Waals surface area contributed by atoms with Crippen LogP contribution in [0.15, 0.2) is 66.9 Å². The molecule has 2 heterocycles. The molecule has 0 aliphatic heterocycles. The van der Waals surface area contributed by atoms with E-state index in [-0.39, 0.29) is 11.9 Å². The van der Waals surface area contributed by atoms with E-state index in [0.29, 0.717) is 34.3 Å². The zero-order valence-electron chi connectivity index (χ0n) is 18.2. The Labute approximate surface area is 186 Å². The van der Waals surface area contributed by atoms with Crippen molar-refractivity contribution in [2.45, 2.75) is 26.8 Å². The minimum Gasteiger partial charge on any atom is -0.349 e. The smallest absolute Gasteiger partial charge is 0.251 e. The molecule has 0 spiro atoms. The third-order valence-electron chi connectivity index (χ3n) is 5.44. The van der Waals surface area contributed by atoms with Gasteiger partial charge in [-0.2, -0.15) is 10.2 Å². The normalized spacial score (nSPS) is 11.8. The molecule has 1 amide bonds. The number of nitrogens with one attached hydrogen (secondary N) is 2. The number of nitrogens with zero attached hydrogens (tertiary/aromatic N) is 4. The third kappa shape index (κ3) is 4.44. The molecule has 4 aromatic rings. The third-order valence-corrected chi connectivity index (χ3v) is 5.44. The lowest BCUT2D eigenvalue weighted by Gasteiger charge is -2.17. The number of benzene rings is 2. The first-order chi connectivity index (χ1) is 15.4. The first-order valence-corrected chi connectivity index (χ1v) is 10.5. The van der Waals surface area contributed by atoms with Gasteiger partial charge < -0.3 is 10.6 Å². The maximum Gasteiger partial charge on any atom is 0.251 e. The van der Waals surface area contributed by atoms with Crippen LogP contribution in [0.5, 0.6) is 0 Å². The Bertz CT molecular complexity index is 1320. The lowest BCUT2D eigenvalue weighted by Crippen LogP contribution is -2.36. The summed E-state index contributed by atoms with van der Waals surface area (Å²) in [6.07, 6.45) is 1.87. The Hall–Kier alpha value is -4.18. The first-order valence-electron chi connectivity index (χ1n) is 10.5. The van der Waals surface area contributed by atoms with Crippen LogP contribution < -0.4 is 10.6 Å². The maximum atomic E-state index is 12.6. The van der Waals surface area contributed by atoms with Crippen LogP contribution in [0.3, 0.4) is 0 Å². The molecule has 7 heteroatoms. The molecule has 2 N–H and O–H groups in total. The number of hydrogen-bond acceptors (Lipinski definition) is 5. The van der Waals surface area contributed by atoms with Crippen molar-refractivity contribution < 1.29 is 4.79 Å². The van der Waals surface area contributed by atoms with E-state index >= 15 is 0 Å². The molecule has 0 fully saturated rings. The average molecular weight is 425 g/mol. The fourth-order valence-electron chi connectivity index (χ4n) is 3.21. The van der Waals surface area contributed by atoms with Crippen molar-refractivity contribution in [2.75, 3.05) is 5.32 Å². The van der Waals surface area contributed by atoms with Crippen LogP contribution in [0.4, 0.5) is 11.6 Å². The van der Waals surface area contributed by atoms with Crippen LogP contribution in [0, 0.1) is 17.2 Å². The molecule has 7 nitrogen and oxygen atoms in total. The Morgan fingerprint density at radius 2 is 1.84 bits per heavy atom. The van der Waals surface area contributed by atoms with Gasteiger partial charge in [-0.25, -0.2) is 4.52 Å². The van der Waals surface area contributed by atoms with Crippen LogP contribution in [-0.4, -0.2) is 26.5 Å². The lowest BCUT2D eigenvalue weighted by molar-refractivity contribution is 0.0930. The standard InChI is InChI=1S/C25H24N6O/c1-16(2)17(3)27-24(32)19-9-6-8-18(13-19)21-11-12-23-29-25(30-31(23)15-21)28-22-10-5-4-7-20(22)14-26/h4-13,15-17H,1-3H3,(H,27,32)(H,28,30)/t17-/m1/s1. The molecule has 0 radical (unpaired) electrons. The van der Waals surface area contributed by atoms with E-state index in [0.717, 1.165) is 11.1 Å². The first kappa shape index (κ1) is 21.1. The van der Waals surface area contributed by atoms with Gasteiger partial charge in [-0.15, -0.1) is 5.10 Å². The maximum absolute atomic E-state index is 12.6. The van der Waals surface area contributed by atoms with Gasteiger partial charge in [0.25, 0.3) is 5.91 Å². The minimum absolute atomic E-state index is 0.0856. The summed E-state index contributed by atoms with van der Waals surface area (Å²) >= 11 is 0. The monoisotopic (exact) mass is 424 g/mol. The molecule has 32 heavy (non-hydrogen) atoms. The van der Waals surface area contributed by atoms with Crippen molar-refractivity contribution in [3.8, 4) is 17.2 Å². The number of aromatic nitrogens is 3. The van der Waals surface area contributed by atoms with E-state index in [1.165, 1.54) is 0 Å². The number of nitriles is 1. The van der Waals surface area contributed by atoms with Gasteiger partial charge in [0.15, 0.2) is 5.65 Å². The number of carbonyl (C=O) groups is 1. The quantitative estimate of drug-likeness (QED) is 0.464. The van der Waals surface area contributed by atoms with Gasteiger partial charge in [-0.1, -0.05) is 38.1 Å². The van der Waals surface area contributed by atoms with Crippen molar-refractivity contribution in [2.24, 2.45) is 5.92 Å². The van der Waals surface area contributed by atoms with Gasteiger partial charge in [-0.3, -0.25) is 4.79 Å². The van der Waals surface area contributed by atoms with Crippen molar-refractivity contribution in [3.63, 3.8) is 0 Å². The van der Waals surface area contributed by atoms with Crippen molar-refractivity contribution in [3.05, 3.63) is 78.0 Å². The van der Waals surface area contributed by atoms with E-state index in [1.54, 1.807) is 10.6 Å². The molecule has 160 valence electrons. The molecule has 0 bridgehead atoms. The Balaban J connectivity index is 1.59. The highest BCUT2D eigenvalue weighted by molar-refractivity contribution is 5.95. The molecule has 0 saturated heterocycles. The Morgan fingerprint density at radius 1 is 1.03 bits per heavy atom. The SMILES string of the molecule is CC(C)[C@@H](C)NC(=O)c1cccc(-c2ccc3nc(Nc4ccccc4C#N)nn3c2)c1. The summed E-state index contributed by atoms with van der Waals surface area (Å²) in [4.78, 5) is 17.1. The van der Waals surface area contributed by atoms with E-state index < -0.39 is 0 Å². The molecule has 0 unspecified atom stereocenters. The van der Waals surface area contributed by atoms with Gasteiger partial charge in [0.05, 0.1) is 11.3 Å².